The van der Waals surface area contributed by atoms with Crippen LogP contribution >= 0.6 is 11.6 Å². The zero-order valence-electron chi connectivity index (χ0n) is 8.97. The predicted octanol–water partition coefficient (Wildman–Crippen LogP) is 4.00. The van der Waals surface area contributed by atoms with Gasteiger partial charge in [-0.1, -0.05) is 25.5 Å². The fourth-order valence-corrected chi connectivity index (χ4v) is 1.93. The second-order valence-corrected chi connectivity index (χ2v) is 4.11. The molecule has 16 heavy (non-hydrogen) atoms. The van der Waals surface area contributed by atoms with E-state index >= 15 is 0 Å². The molecule has 1 aromatic rings. The Hall–Kier alpha value is -0.960. The number of halogens is 3. The van der Waals surface area contributed by atoms with E-state index in [9.17, 15) is 13.6 Å². The second kappa shape index (κ2) is 5.94. The van der Waals surface area contributed by atoms with E-state index in [0.29, 0.717) is 6.42 Å². The van der Waals surface area contributed by atoms with Crippen molar-refractivity contribution in [3.05, 3.63) is 35.4 Å². The number of rotatable bonds is 5. The van der Waals surface area contributed by atoms with Crippen molar-refractivity contribution in [1.29, 1.82) is 0 Å². The maximum atomic E-state index is 13.5. The van der Waals surface area contributed by atoms with Gasteiger partial charge in [0.25, 0.3) is 0 Å². The fourth-order valence-electron chi connectivity index (χ4n) is 1.75. The third kappa shape index (κ3) is 3.27. The lowest BCUT2D eigenvalue weighted by Crippen LogP contribution is -2.06. The van der Waals surface area contributed by atoms with Crippen molar-refractivity contribution >= 4 is 16.8 Å². The van der Waals surface area contributed by atoms with Crippen molar-refractivity contribution in [2.24, 2.45) is 0 Å². The minimum atomic E-state index is -0.888. The first-order valence-electron chi connectivity index (χ1n) is 5.18. The van der Waals surface area contributed by atoms with E-state index in [1.54, 1.807) is 0 Å². The average molecular weight is 247 g/mol. The first kappa shape index (κ1) is 13.1. The first-order chi connectivity index (χ1) is 7.56. The molecule has 0 aliphatic rings. The molecule has 0 radical (unpaired) electrons. The molecule has 1 nitrogen and oxygen atoms in total. The predicted molar refractivity (Wildman–Crippen MR) is 59.5 cm³/mol. The summed E-state index contributed by atoms with van der Waals surface area (Å²) < 4.78 is 26.5. The van der Waals surface area contributed by atoms with Crippen LogP contribution in [0.2, 0.25) is 0 Å². The SMILES string of the molecule is CCCC(CC(=O)Cl)c1cccc(F)c1F. The van der Waals surface area contributed by atoms with Crippen LogP contribution in [0.5, 0.6) is 0 Å². The quantitative estimate of drug-likeness (QED) is 0.718. The zero-order valence-corrected chi connectivity index (χ0v) is 9.73. The molecular formula is C12H13ClF2O. The number of hydrogen-bond donors (Lipinski definition) is 0. The Balaban J connectivity index is 3.00. The maximum absolute atomic E-state index is 13.5. The lowest BCUT2D eigenvalue weighted by atomic mass is 9.91. The largest absolute Gasteiger partial charge is 0.281 e. The normalized spacial score (nSPS) is 12.5. The average Bonchev–Trinajstić information content (AvgIpc) is 2.21. The van der Waals surface area contributed by atoms with Crippen LogP contribution in [0.15, 0.2) is 18.2 Å². The molecule has 4 heteroatoms. The van der Waals surface area contributed by atoms with Gasteiger partial charge in [0.15, 0.2) is 11.6 Å². The van der Waals surface area contributed by atoms with Crippen LogP contribution in [-0.2, 0) is 4.79 Å². The molecule has 0 aromatic heterocycles. The zero-order chi connectivity index (χ0) is 12.1. The summed E-state index contributed by atoms with van der Waals surface area (Å²) in [7, 11) is 0. The minimum Gasteiger partial charge on any atom is -0.281 e. The molecule has 0 saturated carbocycles. The maximum Gasteiger partial charge on any atom is 0.222 e. The van der Waals surface area contributed by atoms with Crippen LogP contribution in [0.1, 0.15) is 37.7 Å². The van der Waals surface area contributed by atoms with Gasteiger partial charge in [0.05, 0.1) is 0 Å². The van der Waals surface area contributed by atoms with Crippen molar-refractivity contribution in [2.45, 2.75) is 32.1 Å². The third-order valence-electron chi connectivity index (χ3n) is 2.47. The smallest absolute Gasteiger partial charge is 0.222 e. The molecule has 0 aliphatic heterocycles. The Morgan fingerprint density at radius 1 is 1.44 bits per heavy atom. The molecule has 1 atom stereocenters. The highest BCUT2D eigenvalue weighted by atomic mass is 35.5. The van der Waals surface area contributed by atoms with Gasteiger partial charge in [-0.15, -0.1) is 0 Å². The molecule has 0 bridgehead atoms. The number of carbonyl (C=O) groups excluding carboxylic acids is 1. The van der Waals surface area contributed by atoms with E-state index in [2.05, 4.69) is 0 Å². The van der Waals surface area contributed by atoms with Crippen molar-refractivity contribution in [2.75, 3.05) is 0 Å². The summed E-state index contributed by atoms with van der Waals surface area (Å²) in [4.78, 5) is 10.8. The van der Waals surface area contributed by atoms with Crippen LogP contribution in [-0.4, -0.2) is 5.24 Å². The van der Waals surface area contributed by atoms with Crippen molar-refractivity contribution < 1.29 is 13.6 Å². The Labute approximate surface area is 98.4 Å². The highest BCUT2D eigenvalue weighted by Gasteiger charge is 2.19. The van der Waals surface area contributed by atoms with Crippen LogP contribution in [0.25, 0.3) is 0 Å². The molecule has 1 aromatic carbocycles. The summed E-state index contributed by atoms with van der Waals surface area (Å²) in [5, 5.41) is -0.526. The molecule has 0 saturated heterocycles. The van der Waals surface area contributed by atoms with Gasteiger partial charge >= 0.3 is 0 Å². The van der Waals surface area contributed by atoms with Crippen molar-refractivity contribution in [1.82, 2.24) is 0 Å². The van der Waals surface area contributed by atoms with Gasteiger partial charge in [-0.3, -0.25) is 4.79 Å². The topological polar surface area (TPSA) is 17.1 Å². The minimum absolute atomic E-state index is 0.0375. The first-order valence-corrected chi connectivity index (χ1v) is 5.56. The highest BCUT2D eigenvalue weighted by molar-refractivity contribution is 6.63. The molecule has 0 heterocycles. The van der Waals surface area contributed by atoms with E-state index in [4.69, 9.17) is 11.6 Å². The van der Waals surface area contributed by atoms with Crippen LogP contribution in [0, 0.1) is 11.6 Å². The van der Waals surface area contributed by atoms with E-state index in [1.807, 2.05) is 6.92 Å². The van der Waals surface area contributed by atoms with Crippen molar-refractivity contribution in [3.63, 3.8) is 0 Å². The number of hydrogen-bond acceptors (Lipinski definition) is 1. The number of benzene rings is 1. The molecule has 0 fully saturated rings. The molecule has 88 valence electrons. The summed E-state index contributed by atoms with van der Waals surface area (Å²) in [6.07, 6.45) is 1.43. The Morgan fingerprint density at radius 3 is 2.69 bits per heavy atom. The highest BCUT2D eigenvalue weighted by Crippen LogP contribution is 2.28. The van der Waals surface area contributed by atoms with Gasteiger partial charge in [0.1, 0.15) is 0 Å². The van der Waals surface area contributed by atoms with Crippen LogP contribution in [0.3, 0.4) is 0 Å². The fraction of sp³-hybridized carbons (Fsp3) is 0.417. The molecule has 0 aliphatic carbocycles. The van der Waals surface area contributed by atoms with E-state index in [1.165, 1.54) is 12.1 Å². The monoisotopic (exact) mass is 246 g/mol. The van der Waals surface area contributed by atoms with Gasteiger partial charge in [-0.2, -0.15) is 0 Å². The molecule has 0 amide bonds. The van der Waals surface area contributed by atoms with Gasteiger partial charge in [-0.05, 0) is 35.6 Å². The lowest BCUT2D eigenvalue weighted by molar-refractivity contribution is -0.112. The van der Waals surface area contributed by atoms with Gasteiger partial charge in [0, 0.05) is 6.42 Å². The summed E-state index contributed by atoms with van der Waals surface area (Å²) in [5.74, 6) is -2.11. The van der Waals surface area contributed by atoms with Crippen LogP contribution < -0.4 is 0 Å². The van der Waals surface area contributed by atoms with E-state index in [0.717, 1.165) is 12.5 Å². The summed E-state index contributed by atoms with van der Waals surface area (Å²) in [5.41, 5.74) is 0.232. The van der Waals surface area contributed by atoms with Gasteiger partial charge in [-0.25, -0.2) is 8.78 Å². The van der Waals surface area contributed by atoms with Crippen LogP contribution in [0.4, 0.5) is 8.78 Å². The summed E-state index contributed by atoms with van der Waals surface area (Å²) in [6.45, 7) is 1.92. The Bertz CT molecular complexity index is 379. The standard InChI is InChI=1S/C12H13ClF2O/c1-2-4-8(7-11(13)16)9-5-3-6-10(14)12(9)15/h3,5-6,8H,2,4,7H2,1H3. The summed E-state index contributed by atoms with van der Waals surface area (Å²) in [6, 6.07) is 4.00. The Morgan fingerprint density at radius 2 is 2.12 bits per heavy atom. The molecule has 1 unspecified atom stereocenters. The Kier molecular flexibility index (Phi) is 4.87. The lowest BCUT2D eigenvalue weighted by Gasteiger charge is -2.15. The van der Waals surface area contributed by atoms with Gasteiger partial charge in [0.2, 0.25) is 5.24 Å². The second-order valence-electron chi connectivity index (χ2n) is 3.69. The van der Waals surface area contributed by atoms with E-state index in [-0.39, 0.29) is 17.9 Å². The molecular weight excluding hydrogens is 234 g/mol. The molecule has 0 N–H and O–H groups in total. The molecule has 0 spiro atoms. The van der Waals surface area contributed by atoms with E-state index < -0.39 is 16.9 Å². The summed E-state index contributed by atoms with van der Waals surface area (Å²) >= 11 is 5.30. The van der Waals surface area contributed by atoms with Crippen molar-refractivity contribution in [3.8, 4) is 0 Å². The number of carbonyl (C=O) groups is 1. The third-order valence-corrected chi connectivity index (χ3v) is 2.62. The van der Waals surface area contributed by atoms with Gasteiger partial charge < -0.3 is 0 Å². The molecule has 1 rings (SSSR count).